The third kappa shape index (κ3) is 3.08. The van der Waals surface area contributed by atoms with Crippen LogP contribution >= 0.6 is 11.6 Å². The summed E-state index contributed by atoms with van der Waals surface area (Å²) in [5.74, 6) is -1.25. The Bertz CT molecular complexity index is 619. The number of nitrogens with two attached hydrogens (primary N) is 1. The highest BCUT2D eigenvalue weighted by molar-refractivity contribution is 6.31. The van der Waals surface area contributed by atoms with Crippen molar-refractivity contribution >= 4 is 11.6 Å². The first-order valence-corrected chi connectivity index (χ1v) is 6.42. The molecule has 0 saturated heterocycles. The Morgan fingerprint density at radius 1 is 1.20 bits per heavy atom. The second kappa shape index (κ2) is 6.20. The van der Waals surface area contributed by atoms with Gasteiger partial charge in [0.15, 0.2) is 11.6 Å². The summed E-state index contributed by atoms with van der Waals surface area (Å²) in [5, 5.41) is 0.117. The minimum Gasteiger partial charge on any atom is -0.496 e. The summed E-state index contributed by atoms with van der Waals surface area (Å²) in [5.41, 5.74) is 7.29. The van der Waals surface area contributed by atoms with Gasteiger partial charge in [0.1, 0.15) is 5.75 Å². The molecule has 0 bridgehead atoms. The largest absolute Gasteiger partial charge is 0.496 e. The van der Waals surface area contributed by atoms with Crippen LogP contribution in [0.4, 0.5) is 8.78 Å². The highest BCUT2D eigenvalue weighted by Crippen LogP contribution is 2.29. The van der Waals surface area contributed by atoms with Gasteiger partial charge in [0, 0.05) is 11.1 Å². The second-order valence-corrected chi connectivity index (χ2v) is 4.82. The average molecular weight is 298 g/mol. The van der Waals surface area contributed by atoms with Crippen LogP contribution in [0.5, 0.6) is 5.75 Å². The molecule has 1 atom stereocenters. The lowest BCUT2D eigenvalue weighted by Gasteiger charge is -2.16. The van der Waals surface area contributed by atoms with Crippen LogP contribution in [0.1, 0.15) is 17.2 Å². The molecule has 0 spiro atoms. The summed E-state index contributed by atoms with van der Waals surface area (Å²) >= 11 is 5.92. The molecule has 0 aliphatic rings. The molecule has 2 N–H and O–H groups in total. The van der Waals surface area contributed by atoms with Crippen LogP contribution < -0.4 is 10.5 Å². The number of benzene rings is 2. The van der Waals surface area contributed by atoms with Crippen molar-refractivity contribution in [2.75, 3.05) is 7.11 Å². The van der Waals surface area contributed by atoms with Crippen LogP contribution in [-0.2, 0) is 6.42 Å². The van der Waals surface area contributed by atoms with E-state index in [9.17, 15) is 8.78 Å². The molecule has 5 heteroatoms. The van der Waals surface area contributed by atoms with Gasteiger partial charge in [0.25, 0.3) is 0 Å². The number of rotatable bonds is 4. The number of methoxy groups -OCH3 is 1. The maximum atomic E-state index is 13.3. The summed E-state index contributed by atoms with van der Waals surface area (Å²) in [7, 11) is 1.56. The van der Waals surface area contributed by atoms with E-state index in [1.54, 1.807) is 7.11 Å². The van der Waals surface area contributed by atoms with Gasteiger partial charge in [-0.1, -0.05) is 29.8 Å². The van der Waals surface area contributed by atoms with E-state index in [-0.39, 0.29) is 5.02 Å². The topological polar surface area (TPSA) is 35.2 Å². The van der Waals surface area contributed by atoms with Crippen molar-refractivity contribution in [3.8, 4) is 5.75 Å². The number of halogens is 3. The van der Waals surface area contributed by atoms with Gasteiger partial charge in [0.2, 0.25) is 0 Å². The van der Waals surface area contributed by atoms with Gasteiger partial charge in [0.05, 0.1) is 7.11 Å². The summed E-state index contributed by atoms with van der Waals surface area (Å²) < 4.78 is 31.6. The molecule has 20 heavy (non-hydrogen) atoms. The molecule has 0 heterocycles. The van der Waals surface area contributed by atoms with Gasteiger partial charge >= 0.3 is 0 Å². The number of hydrogen-bond acceptors (Lipinski definition) is 2. The van der Waals surface area contributed by atoms with E-state index in [4.69, 9.17) is 22.1 Å². The number of ether oxygens (including phenoxy) is 1. The minimum atomic E-state index is -0.983. The SMILES string of the molecule is COc1ccccc1CC(N)c1cc(F)c(F)cc1Cl. The van der Waals surface area contributed by atoms with Crippen molar-refractivity contribution in [1.29, 1.82) is 0 Å². The van der Waals surface area contributed by atoms with Crippen molar-refractivity contribution < 1.29 is 13.5 Å². The fraction of sp³-hybridized carbons (Fsp3) is 0.200. The van der Waals surface area contributed by atoms with Gasteiger partial charge < -0.3 is 10.5 Å². The van der Waals surface area contributed by atoms with Crippen LogP contribution in [0.3, 0.4) is 0 Å². The van der Waals surface area contributed by atoms with E-state index in [2.05, 4.69) is 0 Å². The van der Waals surface area contributed by atoms with Crippen LogP contribution in [-0.4, -0.2) is 7.11 Å². The molecule has 2 nitrogen and oxygen atoms in total. The first kappa shape index (κ1) is 14.8. The summed E-state index contributed by atoms with van der Waals surface area (Å²) in [4.78, 5) is 0. The predicted octanol–water partition coefficient (Wildman–Crippen LogP) is 3.87. The van der Waals surface area contributed by atoms with Gasteiger partial charge in [-0.3, -0.25) is 0 Å². The molecule has 106 valence electrons. The van der Waals surface area contributed by atoms with E-state index >= 15 is 0 Å². The van der Waals surface area contributed by atoms with E-state index in [0.29, 0.717) is 17.7 Å². The maximum Gasteiger partial charge on any atom is 0.160 e. The van der Waals surface area contributed by atoms with Gasteiger partial charge in [-0.05, 0) is 35.7 Å². The molecule has 2 aromatic carbocycles. The molecule has 0 aromatic heterocycles. The molecule has 0 aliphatic heterocycles. The van der Waals surface area contributed by atoms with Crippen LogP contribution in [0.25, 0.3) is 0 Å². The minimum absolute atomic E-state index is 0.117. The second-order valence-electron chi connectivity index (χ2n) is 4.41. The fourth-order valence-electron chi connectivity index (χ4n) is 2.04. The smallest absolute Gasteiger partial charge is 0.160 e. The number of hydrogen-bond donors (Lipinski definition) is 1. The lowest BCUT2D eigenvalue weighted by Crippen LogP contribution is -2.15. The Morgan fingerprint density at radius 3 is 2.55 bits per heavy atom. The van der Waals surface area contributed by atoms with Crippen LogP contribution in [0.15, 0.2) is 36.4 Å². The van der Waals surface area contributed by atoms with E-state index in [1.165, 1.54) is 0 Å². The lowest BCUT2D eigenvalue weighted by molar-refractivity contribution is 0.408. The first-order valence-electron chi connectivity index (χ1n) is 6.05. The predicted molar refractivity (Wildman–Crippen MR) is 75.0 cm³/mol. The molecule has 0 fully saturated rings. The molecule has 0 saturated carbocycles. The molecular weight excluding hydrogens is 284 g/mol. The summed E-state index contributed by atoms with van der Waals surface area (Å²) in [6, 6.07) is 8.82. The normalized spacial score (nSPS) is 12.2. The standard InChI is InChI=1S/C15H14ClF2NO/c1-20-15-5-3-2-4-9(15)6-14(19)10-7-12(17)13(18)8-11(10)16/h2-5,7-8,14H,6,19H2,1H3. The highest BCUT2D eigenvalue weighted by atomic mass is 35.5. The zero-order valence-corrected chi connectivity index (χ0v) is 11.6. The lowest BCUT2D eigenvalue weighted by atomic mass is 9.99. The molecule has 2 aromatic rings. The molecule has 0 amide bonds. The summed E-state index contributed by atoms with van der Waals surface area (Å²) in [6.07, 6.45) is 0.412. The van der Waals surface area contributed by atoms with Crippen molar-refractivity contribution in [1.82, 2.24) is 0 Å². The third-order valence-electron chi connectivity index (χ3n) is 3.07. The Kier molecular flexibility index (Phi) is 4.57. The van der Waals surface area contributed by atoms with E-state index < -0.39 is 17.7 Å². The summed E-state index contributed by atoms with van der Waals surface area (Å²) in [6.45, 7) is 0. The molecule has 0 radical (unpaired) electrons. The molecule has 0 aliphatic carbocycles. The zero-order valence-electron chi connectivity index (χ0n) is 10.9. The maximum absolute atomic E-state index is 13.3. The van der Waals surface area contributed by atoms with Gasteiger partial charge in [-0.15, -0.1) is 0 Å². The average Bonchev–Trinajstić information content (AvgIpc) is 2.43. The quantitative estimate of drug-likeness (QED) is 0.870. The Morgan fingerprint density at radius 2 is 1.85 bits per heavy atom. The first-order chi connectivity index (χ1) is 9.52. The van der Waals surface area contributed by atoms with Crippen LogP contribution in [0, 0.1) is 11.6 Å². The van der Waals surface area contributed by atoms with E-state index in [1.807, 2.05) is 24.3 Å². The zero-order chi connectivity index (χ0) is 14.7. The van der Waals surface area contributed by atoms with Crippen molar-refractivity contribution in [2.45, 2.75) is 12.5 Å². The highest BCUT2D eigenvalue weighted by Gasteiger charge is 2.16. The van der Waals surface area contributed by atoms with Gasteiger partial charge in [-0.25, -0.2) is 8.78 Å². The van der Waals surface area contributed by atoms with Crippen molar-refractivity contribution in [3.05, 3.63) is 64.2 Å². The Labute approximate surface area is 121 Å². The van der Waals surface area contributed by atoms with Crippen molar-refractivity contribution in [3.63, 3.8) is 0 Å². The van der Waals surface area contributed by atoms with Gasteiger partial charge in [-0.2, -0.15) is 0 Å². The molecular formula is C15H14ClF2NO. The Balaban J connectivity index is 2.28. The molecule has 1 unspecified atom stereocenters. The molecule has 2 rings (SSSR count). The van der Waals surface area contributed by atoms with Crippen molar-refractivity contribution in [2.24, 2.45) is 5.73 Å². The third-order valence-corrected chi connectivity index (χ3v) is 3.40. The Hall–Kier alpha value is -1.65. The van der Waals surface area contributed by atoms with Crippen LogP contribution in [0.2, 0.25) is 5.02 Å². The monoisotopic (exact) mass is 297 g/mol. The fourth-order valence-corrected chi connectivity index (χ4v) is 2.33. The van der Waals surface area contributed by atoms with E-state index in [0.717, 1.165) is 17.7 Å². The number of para-hydroxylation sites is 1.